The van der Waals surface area contributed by atoms with Gasteiger partial charge in [0.25, 0.3) is 0 Å². The highest BCUT2D eigenvalue weighted by Gasteiger charge is 2.27. The molecular weight excluding hydrogens is 476 g/mol. The molecule has 2 amide bonds. The second kappa shape index (κ2) is 14.2. The third-order valence-corrected chi connectivity index (χ3v) is 8.53. The van der Waals surface area contributed by atoms with E-state index in [9.17, 15) is 9.59 Å². The number of benzene rings is 1. The van der Waals surface area contributed by atoms with Gasteiger partial charge in [-0.25, -0.2) is 4.31 Å². The van der Waals surface area contributed by atoms with Crippen LogP contribution in [0.1, 0.15) is 49.7 Å². The maximum Gasteiger partial charge on any atom is 0.241 e. The van der Waals surface area contributed by atoms with Gasteiger partial charge in [-0.3, -0.25) is 9.59 Å². The molecule has 2 fully saturated rings. The molecule has 0 spiro atoms. The lowest BCUT2D eigenvalue weighted by atomic mass is 9.92. The van der Waals surface area contributed by atoms with E-state index >= 15 is 0 Å². The predicted molar refractivity (Wildman–Crippen MR) is 144 cm³/mol. The molecule has 1 aromatic carbocycles. The number of likely N-dealkylation sites (N-methyl/N-ethyl adjacent to an activating group) is 2. The monoisotopic (exact) mass is 520 g/mol. The van der Waals surface area contributed by atoms with E-state index in [4.69, 9.17) is 9.47 Å². The second-order valence-electron chi connectivity index (χ2n) is 10.1. The minimum absolute atomic E-state index is 0.0285. The molecular formula is C27H44N4O4S. The zero-order chi connectivity index (χ0) is 26.1. The van der Waals surface area contributed by atoms with Crippen molar-refractivity contribution in [3.8, 4) is 5.75 Å². The molecule has 1 aliphatic carbocycles. The number of amides is 2. The summed E-state index contributed by atoms with van der Waals surface area (Å²) in [6, 6.07) is 4.20. The number of methoxy groups -OCH3 is 1. The quantitative estimate of drug-likeness (QED) is 0.424. The highest BCUT2D eigenvalue weighted by molar-refractivity contribution is 7.97. The van der Waals surface area contributed by atoms with Crippen LogP contribution < -0.4 is 10.1 Å². The summed E-state index contributed by atoms with van der Waals surface area (Å²) in [7, 11) is 5.39. The van der Waals surface area contributed by atoms with Crippen LogP contribution in [0.15, 0.2) is 17.0 Å². The molecule has 3 rings (SSSR count). The molecule has 1 N–H and O–H groups in total. The lowest BCUT2D eigenvalue weighted by Crippen LogP contribution is -2.46. The van der Waals surface area contributed by atoms with Gasteiger partial charge >= 0.3 is 0 Å². The largest absolute Gasteiger partial charge is 0.497 e. The average Bonchev–Trinajstić information content (AvgIpc) is 3.38. The summed E-state index contributed by atoms with van der Waals surface area (Å²) in [4.78, 5) is 30.6. The van der Waals surface area contributed by atoms with Crippen molar-refractivity contribution in [3.63, 3.8) is 0 Å². The molecule has 9 heteroatoms. The molecule has 0 unspecified atom stereocenters. The summed E-state index contributed by atoms with van der Waals surface area (Å²) < 4.78 is 13.3. The maximum absolute atomic E-state index is 12.7. The fourth-order valence-electron chi connectivity index (χ4n) is 5.08. The van der Waals surface area contributed by atoms with E-state index in [1.165, 1.54) is 37.9 Å². The molecule has 1 saturated carbocycles. The first-order valence-electron chi connectivity index (χ1n) is 13.2. The number of hydrogen-bond acceptors (Lipinski definition) is 7. The van der Waals surface area contributed by atoms with Gasteiger partial charge in [-0.2, -0.15) is 0 Å². The van der Waals surface area contributed by atoms with Crippen LogP contribution in [0.3, 0.4) is 0 Å². The van der Waals surface area contributed by atoms with Crippen LogP contribution >= 0.6 is 11.9 Å². The molecule has 0 radical (unpaired) electrons. The average molecular weight is 521 g/mol. The molecule has 0 bridgehead atoms. The third-order valence-electron chi connectivity index (χ3n) is 7.26. The Labute approximate surface area is 221 Å². The second-order valence-corrected chi connectivity index (χ2v) is 11.3. The number of carbonyl (C=O) groups excluding carboxylic acids is 2. The molecule has 1 aliphatic heterocycles. The van der Waals surface area contributed by atoms with E-state index in [0.717, 1.165) is 60.6 Å². The normalized spacial score (nSPS) is 20.5. The Balaban J connectivity index is 1.33. The smallest absolute Gasteiger partial charge is 0.241 e. The first-order chi connectivity index (χ1) is 17.3. The summed E-state index contributed by atoms with van der Waals surface area (Å²) in [5.41, 5.74) is 2.21. The summed E-state index contributed by atoms with van der Waals surface area (Å²) in [6.07, 6.45) is 6.80. The summed E-state index contributed by atoms with van der Waals surface area (Å²) in [6.45, 7) is 8.55. The van der Waals surface area contributed by atoms with Crippen LogP contribution in [0.4, 0.5) is 0 Å². The fraction of sp³-hybridized carbons (Fsp3) is 0.704. The number of hydrogen-bond donors (Lipinski definition) is 1. The zero-order valence-electron chi connectivity index (χ0n) is 22.7. The van der Waals surface area contributed by atoms with E-state index in [2.05, 4.69) is 10.2 Å². The number of likely N-dealkylation sites (tertiary alicyclic amines) is 1. The van der Waals surface area contributed by atoms with Gasteiger partial charge in [0.15, 0.2) is 0 Å². The van der Waals surface area contributed by atoms with Crippen LogP contribution in [0.5, 0.6) is 5.75 Å². The number of carbonyl (C=O) groups is 2. The summed E-state index contributed by atoms with van der Waals surface area (Å²) >= 11 is 1.53. The van der Waals surface area contributed by atoms with Gasteiger partial charge in [-0.1, -0.05) is 0 Å². The molecule has 2 aliphatic rings. The van der Waals surface area contributed by atoms with E-state index in [1.807, 2.05) is 49.3 Å². The first kappa shape index (κ1) is 28.8. The Hall–Kier alpha value is -1.81. The van der Waals surface area contributed by atoms with Crippen LogP contribution in [0, 0.1) is 13.8 Å². The van der Waals surface area contributed by atoms with Crippen LogP contribution in [-0.4, -0.2) is 98.6 Å². The predicted octanol–water partition coefficient (Wildman–Crippen LogP) is 3.25. The molecule has 1 aromatic rings. The van der Waals surface area contributed by atoms with Crippen molar-refractivity contribution < 1.29 is 19.1 Å². The van der Waals surface area contributed by atoms with Crippen LogP contribution in [-0.2, 0) is 14.3 Å². The van der Waals surface area contributed by atoms with Crippen molar-refractivity contribution in [1.82, 2.24) is 19.4 Å². The molecule has 1 heterocycles. The first-order valence-corrected chi connectivity index (χ1v) is 13.9. The molecule has 36 heavy (non-hydrogen) atoms. The maximum atomic E-state index is 12.7. The Bertz CT molecular complexity index is 846. The highest BCUT2D eigenvalue weighted by Crippen LogP contribution is 2.31. The van der Waals surface area contributed by atoms with Gasteiger partial charge < -0.3 is 24.6 Å². The van der Waals surface area contributed by atoms with Crippen molar-refractivity contribution in [1.29, 1.82) is 0 Å². The van der Waals surface area contributed by atoms with Crippen molar-refractivity contribution in [2.45, 2.75) is 69.4 Å². The van der Waals surface area contributed by atoms with Crippen LogP contribution in [0.2, 0.25) is 0 Å². The van der Waals surface area contributed by atoms with Crippen molar-refractivity contribution in [2.75, 3.05) is 60.5 Å². The lowest BCUT2D eigenvalue weighted by Gasteiger charge is -2.35. The van der Waals surface area contributed by atoms with Gasteiger partial charge in [-0.05, 0) is 108 Å². The highest BCUT2D eigenvalue weighted by atomic mass is 32.2. The van der Waals surface area contributed by atoms with E-state index < -0.39 is 0 Å². The lowest BCUT2D eigenvalue weighted by molar-refractivity contribution is -0.134. The van der Waals surface area contributed by atoms with Gasteiger partial charge in [0.2, 0.25) is 11.8 Å². The number of nitrogens with zero attached hydrogens (tertiary/aromatic N) is 3. The molecule has 0 aromatic heterocycles. The van der Waals surface area contributed by atoms with Crippen LogP contribution in [0.25, 0.3) is 0 Å². The summed E-state index contributed by atoms with van der Waals surface area (Å²) in [5, 5.41) is 2.80. The van der Waals surface area contributed by atoms with Gasteiger partial charge in [0, 0.05) is 24.5 Å². The van der Waals surface area contributed by atoms with E-state index in [-0.39, 0.29) is 30.9 Å². The summed E-state index contributed by atoms with van der Waals surface area (Å²) in [5.74, 6) is 0.625. The van der Waals surface area contributed by atoms with Crippen molar-refractivity contribution in [3.05, 3.63) is 23.3 Å². The Morgan fingerprint density at radius 1 is 1.08 bits per heavy atom. The minimum atomic E-state index is -0.161. The van der Waals surface area contributed by atoms with Crippen molar-refractivity contribution in [2.24, 2.45) is 0 Å². The topological polar surface area (TPSA) is 74.3 Å². The zero-order valence-corrected chi connectivity index (χ0v) is 23.5. The standard InChI is InChI=1S/C27H44N4O4S/c1-20-16-24(34-5)17-21(2)27(20)36-29(3)19-25(32)28-18-26(33)30(4)22-8-10-23(11-9-22)35-15-14-31-12-6-7-13-31/h16-17,22-23H,6-15,18-19H2,1-5H3,(H,28,32). The van der Waals surface area contributed by atoms with Gasteiger partial charge in [0.05, 0.1) is 32.9 Å². The SMILES string of the molecule is COc1cc(C)c(SN(C)CC(=O)NCC(=O)N(C)C2CCC(OCCN3CCCC3)CC2)c(C)c1. The minimum Gasteiger partial charge on any atom is -0.497 e. The van der Waals surface area contributed by atoms with Gasteiger partial charge in [-0.15, -0.1) is 0 Å². The molecule has 0 atom stereocenters. The van der Waals surface area contributed by atoms with E-state index in [1.54, 1.807) is 7.11 Å². The molecule has 202 valence electrons. The van der Waals surface area contributed by atoms with E-state index in [0.29, 0.717) is 6.10 Å². The third kappa shape index (κ3) is 8.64. The number of aryl methyl sites for hydroxylation is 2. The fourth-order valence-corrected chi connectivity index (χ4v) is 5.97. The number of nitrogens with one attached hydrogen (secondary N) is 1. The Kier molecular flexibility index (Phi) is 11.4. The number of rotatable bonds is 12. The van der Waals surface area contributed by atoms with Gasteiger partial charge in [0.1, 0.15) is 5.75 Å². The Morgan fingerprint density at radius 2 is 1.72 bits per heavy atom. The molecule has 1 saturated heterocycles. The van der Waals surface area contributed by atoms with Crippen molar-refractivity contribution >= 4 is 23.8 Å². The Morgan fingerprint density at radius 3 is 2.33 bits per heavy atom. The number of ether oxygens (including phenoxy) is 2. The molecule has 8 nitrogen and oxygen atoms in total.